The number of nitrogens with zero attached hydrogens (tertiary/aromatic N) is 3. The quantitative estimate of drug-likeness (QED) is 0.707. The summed E-state index contributed by atoms with van der Waals surface area (Å²) in [5.41, 5.74) is 4.17. The molecule has 180 valence electrons. The molecule has 3 heterocycles. The molecule has 2 amide bonds. The Kier molecular flexibility index (Phi) is 5.43. The number of fused-ring (bicyclic) bond motifs is 4. The maximum Gasteiger partial charge on any atom is 0.276 e. The number of aromatic hydroxyl groups is 1. The lowest BCUT2D eigenvalue weighted by atomic mass is 9.71. The van der Waals surface area contributed by atoms with E-state index in [4.69, 9.17) is 5.73 Å². The summed E-state index contributed by atoms with van der Waals surface area (Å²) in [6, 6.07) is 3.33. The molecular weight excluding hydrogens is 446 g/mol. The van der Waals surface area contributed by atoms with Crippen LogP contribution in [0.5, 0.6) is 5.75 Å². The molecule has 1 saturated carbocycles. The van der Waals surface area contributed by atoms with Crippen LogP contribution in [0.25, 0.3) is 0 Å². The molecule has 2 fully saturated rings. The molecule has 4 unspecified atom stereocenters. The van der Waals surface area contributed by atoms with Crippen LogP contribution in [0.15, 0.2) is 29.2 Å². The van der Waals surface area contributed by atoms with E-state index in [1.54, 1.807) is 4.90 Å². The van der Waals surface area contributed by atoms with Crippen LogP contribution >= 0.6 is 0 Å². The zero-order valence-corrected chi connectivity index (χ0v) is 18.7. The van der Waals surface area contributed by atoms with Gasteiger partial charge in [0.25, 0.3) is 11.8 Å². The van der Waals surface area contributed by atoms with E-state index in [0.717, 1.165) is 31.9 Å². The molecule has 4 atom stereocenters. The predicted molar refractivity (Wildman–Crippen MR) is 118 cm³/mol. The highest BCUT2D eigenvalue weighted by molar-refractivity contribution is 5.99. The van der Waals surface area contributed by atoms with E-state index in [-0.39, 0.29) is 41.8 Å². The number of hydrogen-bond donors (Lipinski definition) is 2. The van der Waals surface area contributed by atoms with Crippen molar-refractivity contribution in [2.24, 2.45) is 17.6 Å². The molecule has 1 aromatic heterocycles. The first kappa shape index (κ1) is 22.5. The van der Waals surface area contributed by atoms with Crippen molar-refractivity contribution in [2.75, 3.05) is 13.6 Å². The topological polar surface area (TPSA) is 109 Å². The third-order valence-electron chi connectivity index (χ3n) is 7.61. The molecular formula is C24H26F2N4O4. The molecule has 2 aromatic rings. The van der Waals surface area contributed by atoms with Gasteiger partial charge in [-0.2, -0.15) is 0 Å². The number of carbonyl (C=O) groups excluding carboxylic acids is 2. The number of amides is 2. The fourth-order valence-electron chi connectivity index (χ4n) is 6.11. The van der Waals surface area contributed by atoms with Crippen LogP contribution in [0.4, 0.5) is 8.78 Å². The van der Waals surface area contributed by atoms with Gasteiger partial charge in [-0.3, -0.25) is 19.3 Å². The minimum atomic E-state index is -0.976. The molecule has 8 nitrogen and oxygen atoms in total. The molecule has 3 aliphatic rings. The number of carbonyl (C=O) groups is 2. The number of pyridine rings is 1. The van der Waals surface area contributed by atoms with Crippen LogP contribution in [0.2, 0.25) is 0 Å². The molecule has 5 rings (SSSR count). The summed E-state index contributed by atoms with van der Waals surface area (Å²) >= 11 is 0. The van der Waals surface area contributed by atoms with Crippen molar-refractivity contribution in [2.45, 2.75) is 44.4 Å². The van der Waals surface area contributed by atoms with Crippen molar-refractivity contribution >= 4 is 11.8 Å². The predicted octanol–water partition coefficient (Wildman–Crippen LogP) is 1.69. The van der Waals surface area contributed by atoms with Crippen molar-refractivity contribution < 1.29 is 23.5 Å². The highest BCUT2D eigenvalue weighted by Gasteiger charge is 2.50. The molecule has 34 heavy (non-hydrogen) atoms. The third kappa shape index (κ3) is 3.48. The number of nitrogens with two attached hydrogens (primary N) is 1. The van der Waals surface area contributed by atoms with Gasteiger partial charge in [0.1, 0.15) is 23.4 Å². The highest BCUT2D eigenvalue weighted by Crippen LogP contribution is 2.42. The van der Waals surface area contributed by atoms with E-state index in [2.05, 4.69) is 4.90 Å². The zero-order valence-electron chi connectivity index (χ0n) is 18.7. The molecule has 1 saturated heterocycles. The summed E-state index contributed by atoms with van der Waals surface area (Å²) in [6.07, 6.45) is 3.82. The fraction of sp³-hybridized carbons (Fsp3) is 0.458. The van der Waals surface area contributed by atoms with Gasteiger partial charge in [0.05, 0.1) is 6.54 Å². The van der Waals surface area contributed by atoms with Gasteiger partial charge < -0.3 is 20.3 Å². The molecule has 3 N–H and O–H groups in total. The highest BCUT2D eigenvalue weighted by atomic mass is 19.1. The second kappa shape index (κ2) is 8.19. The first-order valence-electron chi connectivity index (χ1n) is 11.4. The van der Waals surface area contributed by atoms with E-state index in [1.807, 2.05) is 7.05 Å². The minimum Gasteiger partial charge on any atom is -0.503 e. The Labute approximate surface area is 194 Å². The van der Waals surface area contributed by atoms with Crippen LogP contribution in [0.1, 0.15) is 45.7 Å². The minimum absolute atomic E-state index is 0.0656. The van der Waals surface area contributed by atoms with E-state index in [0.29, 0.717) is 12.0 Å². The molecule has 0 bridgehead atoms. The summed E-state index contributed by atoms with van der Waals surface area (Å²) in [5.74, 6) is -3.44. The van der Waals surface area contributed by atoms with Gasteiger partial charge in [-0.05, 0) is 49.8 Å². The Morgan fingerprint density at radius 3 is 2.68 bits per heavy atom. The summed E-state index contributed by atoms with van der Waals surface area (Å²) in [4.78, 5) is 41.7. The number of benzene rings is 1. The van der Waals surface area contributed by atoms with E-state index >= 15 is 0 Å². The van der Waals surface area contributed by atoms with Crippen LogP contribution < -0.4 is 11.2 Å². The number of halogens is 2. The fourth-order valence-corrected chi connectivity index (χ4v) is 6.11. The zero-order chi connectivity index (χ0) is 24.3. The Morgan fingerprint density at radius 2 is 1.97 bits per heavy atom. The van der Waals surface area contributed by atoms with Crippen molar-refractivity contribution in [3.8, 4) is 5.75 Å². The SMILES string of the molecule is CN1CC2CCCC(Cc3ccc(F)cc3F)C2N2C(=O)c3c(O)c(=O)c(C(N)=O)cn3CC12. The monoisotopic (exact) mass is 472 g/mol. The van der Waals surface area contributed by atoms with Crippen LogP contribution in [-0.2, 0) is 13.0 Å². The van der Waals surface area contributed by atoms with Crippen molar-refractivity contribution in [1.82, 2.24) is 14.4 Å². The summed E-state index contributed by atoms with van der Waals surface area (Å²) < 4.78 is 29.3. The number of likely N-dealkylation sites (N-methyl/N-ethyl adjacent to an activating group) is 1. The Bertz CT molecular complexity index is 1250. The van der Waals surface area contributed by atoms with Crippen molar-refractivity contribution in [3.05, 3.63) is 63.1 Å². The Morgan fingerprint density at radius 1 is 1.21 bits per heavy atom. The second-order valence-electron chi connectivity index (χ2n) is 9.60. The van der Waals surface area contributed by atoms with E-state index < -0.39 is 34.6 Å². The Balaban J connectivity index is 1.56. The van der Waals surface area contributed by atoms with Gasteiger partial charge in [0, 0.05) is 24.8 Å². The van der Waals surface area contributed by atoms with Gasteiger partial charge in [-0.25, -0.2) is 8.78 Å². The molecule has 1 aliphatic carbocycles. The van der Waals surface area contributed by atoms with Gasteiger partial charge in [-0.1, -0.05) is 12.5 Å². The lowest BCUT2D eigenvalue weighted by molar-refractivity contribution is -0.0812. The van der Waals surface area contributed by atoms with Gasteiger partial charge in [0.2, 0.25) is 5.43 Å². The maximum absolute atomic E-state index is 14.5. The smallest absolute Gasteiger partial charge is 0.276 e. The number of aromatic nitrogens is 1. The maximum atomic E-state index is 14.5. The van der Waals surface area contributed by atoms with Crippen LogP contribution in [0.3, 0.4) is 0 Å². The average Bonchev–Trinajstić information content (AvgIpc) is 2.78. The summed E-state index contributed by atoms with van der Waals surface area (Å²) in [6.45, 7) is 0.970. The van der Waals surface area contributed by atoms with Crippen LogP contribution in [-0.4, -0.2) is 57.1 Å². The number of rotatable bonds is 3. The number of hydrogen-bond acceptors (Lipinski definition) is 5. The molecule has 10 heteroatoms. The lowest BCUT2D eigenvalue weighted by Crippen LogP contribution is -2.68. The second-order valence-corrected chi connectivity index (χ2v) is 9.60. The summed E-state index contributed by atoms with van der Waals surface area (Å²) in [5, 5.41) is 10.6. The van der Waals surface area contributed by atoms with Gasteiger partial charge >= 0.3 is 0 Å². The first-order chi connectivity index (χ1) is 16.2. The molecule has 0 spiro atoms. The van der Waals surface area contributed by atoms with Gasteiger partial charge in [-0.15, -0.1) is 0 Å². The molecule has 1 aromatic carbocycles. The van der Waals surface area contributed by atoms with Crippen molar-refractivity contribution in [3.63, 3.8) is 0 Å². The van der Waals surface area contributed by atoms with Crippen molar-refractivity contribution in [1.29, 1.82) is 0 Å². The molecule has 2 aliphatic heterocycles. The third-order valence-corrected chi connectivity index (χ3v) is 7.61. The van der Waals surface area contributed by atoms with Gasteiger partial charge in [0.15, 0.2) is 11.4 Å². The first-order valence-corrected chi connectivity index (χ1v) is 11.4. The molecule has 0 radical (unpaired) electrons. The lowest BCUT2D eigenvalue weighted by Gasteiger charge is -2.57. The largest absolute Gasteiger partial charge is 0.503 e. The Hall–Kier alpha value is -3.27. The summed E-state index contributed by atoms with van der Waals surface area (Å²) in [7, 11) is 1.91. The van der Waals surface area contributed by atoms with E-state index in [1.165, 1.54) is 22.9 Å². The number of primary amides is 1. The normalized spacial score (nSPS) is 26.6. The van der Waals surface area contributed by atoms with Crippen LogP contribution in [0, 0.1) is 23.5 Å². The van der Waals surface area contributed by atoms with E-state index in [9.17, 15) is 28.3 Å². The standard InChI is InChI=1S/C24H26F2N4O4/c1-28-9-14-4-2-3-13(7-12-5-6-15(25)8-17(12)26)19(14)30-18(28)11-29-10-16(23(27)33)21(31)22(32)20(29)24(30)34/h5-6,8,10,13-14,18-19,32H,2-4,7,9,11H2,1H3,(H2,27,33). The average molecular weight is 472 g/mol.